The zero-order valence-corrected chi connectivity index (χ0v) is 11.6. The Kier molecular flexibility index (Phi) is 3.51. The number of carbonyl (C=O) groups excluding carboxylic acids is 1. The summed E-state index contributed by atoms with van der Waals surface area (Å²) in [6.07, 6.45) is -0.224. The number of sulfonamides is 1. The molecule has 1 amide bonds. The summed E-state index contributed by atoms with van der Waals surface area (Å²) in [5.74, 6) is 0.422. The predicted octanol–water partition coefficient (Wildman–Crippen LogP) is 0.116. The molecular weight excluding hydrogens is 268 g/mol. The fourth-order valence-electron chi connectivity index (χ4n) is 1.94. The molecule has 0 spiro atoms. The maximum absolute atomic E-state index is 12.0. The van der Waals surface area contributed by atoms with Crippen LogP contribution in [0.15, 0.2) is 23.1 Å². The highest BCUT2D eigenvalue weighted by atomic mass is 32.2. The van der Waals surface area contributed by atoms with Crippen LogP contribution in [0.4, 0.5) is 0 Å². The lowest BCUT2D eigenvalue weighted by atomic mass is 10.1. The lowest BCUT2D eigenvalue weighted by molar-refractivity contribution is -0.136. The minimum Gasteiger partial charge on any atom is -0.480 e. The second-order valence-electron chi connectivity index (χ2n) is 4.48. The average molecular weight is 284 g/mol. The molecule has 1 aromatic carbocycles. The summed E-state index contributed by atoms with van der Waals surface area (Å²) in [7, 11) is -2.04. The molecule has 2 N–H and O–H groups in total. The Morgan fingerprint density at radius 3 is 2.79 bits per heavy atom. The molecule has 1 aliphatic rings. The fourth-order valence-corrected chi connectivity index (χ4v) is 2.51. The third kappa shape index (κ3) is 2.71. The van der Waals surface area contributed by atoms with Crippen LogP contribution in [0.1, 0.15) is 12.5 Å². The van der Waals surface area contributed by atoms with Gasteiger partial charge >= 0.3 is 0 Å². The minimum absolute atomic E-state index is 0.0341. The lowest BCUT2D eigenvalue weighted by Gasteiger charge is -2.18. The van der Waals surface area contributed by atoms with E-state index in [-0.39, 0.29) is 10.8 Å². The number of fused-ring (bicyclic) bond motifs is 1. The molecule has 19 heavy (non-hydrogen) atoms. The maximum Gasteiger partial charge on any atom is 0.263 e. The van der Waals surface area contributed by atoms with Crippen LogP contribution in [0.3, 0.4) is 0 Å². The number of ether oxygens (including phenoxy) is 1. The van der Waals surface area contributed by atoms with Crippen LogP contribution in [0.5, 0.6) is 5.75 Å². The summed E-state index contributed by atoms with van der Waals surface area (Å²) >= 11 is 0. The number of rotatable bonds is 3. The third-order valence-electron chi connectivity index (χ3n) is 3.16. The molecule has 7 heteroatoms. The maximum atomic E-state index is 12.0. The van der Waals surface area contributed by atoms with Gasteiger partial charge in [0.1, 0.15) is 5.75 Å². The monoisotopic (exact) mass is 284 g/mol. The third-order valence-corrected chi connectivity index (χ3v) is 4.07. The van der Waals surface area contributed by atoms with Crippen LogP contribution in [0.25, 0.3) is 0 Å². The number of hydrogen-bond acceptors (Lipinski definition) is 4. The molecule has 1 aliphatic heterocycles. The second kappa shape index (κ2) is 4.82. The van der Waals surface area contributed by atoms with E-state index in [2.05, 4.69) is 0 Å². The van der Waals surface area contributed by atoms with E-state index in [0.29, 0.717) is 24.3 Å². The number of primary sulfonamides is 1. The molecule has 0 radical (unpaired) electrons. The molecule has 0 saturated carbocycles. The average Bonchev–Trinajstić information content (AvgIpc) is 2.78. The Hall–Kier alpha value is -1.60. The van der Waals surface area contributed by atoms with E-state index in [4.69, 9.17) is 9.88 Å². The summed E-state index contributed by atoms with van der Waals surface area (Å²) in [6, 6.07) is 4.38. The molecule has 1 heterocycles. The van der Waals surface area contributed by atoms with Crippen LogP contribution in [0.2, 0.25) is 0 Å². The molecule has 1 aromatic rings. The predicted molar refractivity (Wildman–Crippen MR) is 69.2 cm³/mol. The zero-order valence-electron chi connectivity index (χ0n) is 10.8. The van der Waals surface area contributed by atoms with E-state index in [0.717, 1.165) is 0 Å². The summed E-state index contributed by atoms with van der Waals surface area (Å²) in [5.41, 5.74) is 0.689. The largest absolute Gasteiger partial charge is 0.480 e. The zero-order chi connectivity index (χ0) is 14.2. The topological polar surface area (TPSA) is 89.7 Å². The van der Waals surface area contributed by atoms with E-state index < -0.39 is 16.1 Å². The van der Waals surface area contributed by atoms with Gasteiger partial charge in [-0.3, -0.25) is 4.79 Å². The van der Waals surface area contributed by atoms with Gasteiger partial charge in [0, 0.05) is 20.0 Å². The number of carbonyl (C=O) groups is 1. The number of amides is 1. The van der Waals surface area contributed by atoms with Crippen molar-refractivity contribution >= 4 is 15.9 Å². The lowest BCUT2D eigenvalue weighted by Crippen LogP contribution is -2.38. The first-order valence-electron chi connectivity index (χ1n) is 5.90. The van der Waals surface area contributed by atoms with E-state index >= 15 is 0 Å². The molecular formula is C12H16N2O4S. The first-order valence-corrected chi connectivity index (χ1v) is 7.45. The summed E-state index contributed by atoms with van der Waals surface area (Å²) in [4.78, 5) is 13.6. The van der Waals surface area contributed by atoms with Crippen molar-refractivity contribution in [1.82, 2.24) is 4.90 Å². The molecule has 0 fully saturated rings. The van der Waals surface area contributed by atoms with Crippen molar-refractivity contribution in [3.8, 4) is 5.75 Å². The Morgan fingerprint density at radius 2 is 2.21 bits per heavy atom. The summed E-state index contributed by atoms with van der Waals surface area (Å²) < 4.78 is 28.1. The number of likely N-dealkylation sites (N-methyl/N-ethyl adjacent to an activating group) is 1. The molecule has 104 valence electrons. The van der Waals surface area contributed by atoms with Gasteiger partial charge in [0.2, 0.25) is 10.0 Å². The van der Waals surface area contributed by atoms with Crippen molar-refractivity contribution in [2.24, 2.45) is 5.14 Å². The number of benzene rings is 1. The molecule has 1 unspecified atom stereocenters. The van der Waals surface area contributed by atoms with Gasteiger partial charge in [-0.2, -0.15) is 0 Å². The molecule has 0 saturated heterocycles. The van der Waals surface area contributed by atoms with Crippen molar-refractivity contribution in [3.05, 3.63) is 23.8 Å². The highest BCUT2D eigenvalue weighted by molar-refractivity contribution is 7.89. The van der Waals surface area contributed by atoms with E-state index in [9.17, 15) is 13.2 Å². The molecule has 0 bridgehead atoms. The molecule has 2 rings (SSSR count). The summed E-state index contributed by atoms with van der Waals surface area (Å²) in [6.45, 7) is 2.47. The minimum atomic E-state index is -3.73. The fraction of sp³-hybridized carbons (Fsp3) is 0.417. The first-order chi connectivity index (χ1) is 8.82. The van der Waals surface area contributed by atoms with Crippen LogP contribution >= 0.6 is 0 Å². The van der Waals surface area contributed by atoms with Crippen LogP contribution in [0, 0.1) is 0 Å². The van der Waals surface area contributed by atoms with Gasteiger partial charge in [0.15, 0.2) is 6.10 Å². The van der Waals surface area contributed by atoms with Crippen LogP contribution in [-0.4, -0.2) is 38.9 Å². The summed E-state index contributed by atoms with van der Waals surface area (Å²) in [5, 5.41) is 5.07. The van der Waals surface area contributed by atoms with Gasteiger partial charge < -0.3 is 9.64 Å². The molecule has 0 aliphatic carbocycles. The Balaban J connectivity index is 2.24. The van der Waals surface area contributed by atoms with Crippen LogP contribution < -0.4 is 9.88 Å². The SMILES string of the molecule is CCN(C)C(=O)C1Cc2cc(S(N)(=O)=O)ccc2O1. The molecule has 1 atom stereocenters. The van der Waals surface area contributed by atoms with Crippen molar-refractivity contribution in [1.29, 1.82) is 0 Å². The normalized spacial score (nSPS) is 17.7. The Labute approximate surface area is 112 Å². The standard InChI is InChI=1S/C12H16N2O4S/c1-3-14(2)12(15)11-7-8-6-9(19(13,16)17)4-5-10(8)18-11/h4-6,11H,3,7H2,1-2H3,(H2,13,16,17). The number of nitrogens with zero attached hydrogens (tertiary/aromatic N) is 1. The highest BCUT2D eigenvalue weighted by Gasteiger charge is 2.31. The second-order valence-corrected chi connectivity index (χ2v) is 6.04. The van der Waals surface area contributed by atoms with E-state index in [1.807, 2.05) is 6.92 Å². The van der Waals surface area contributed by atoms with Gasteiger partial charge in [-0.05, 0) is 30.7 Å². The van der Waals surface area contributed by atoms with Crippen molar-refractivity contribution in [3.63, 3.8) is 0 Å². The van der Waals surface area contributed by atoms with Crippen molar-refractivity contribution in [2.75, 3.05) is 13.6 Å². The smallest absolute Gasteiger partial charge is 0.263 e. The van der Waals surface area contributed by atoms with Gasteiger partial charge in [0.05, 0.1) is 4.90 Å². The van der Waals surface area contributed by atoms with E-state index in [1.54, 1.807) is 11.9 Å². The molecule has 6 nitrogen and oxygen atoms in total. The highest BCUT2D eigenvalue weighted by Crippen LogP contribution is 2.31. The van der Waals surface area contributed by atoms with Crippen LogP contribution in [-0.2, 0) is 21.2 Å². The van der Waals surface area contributed by atoms with E-state index in [1.165, 1.54) is 18.2 Å². The van der Waals surface area contributed by atoms with Crippen molar-refractivity contribution in [2.45, 2.75) is 24.3 Å². The van der Waals surface area contributed by atoms with Gasteiger partial charge in [0.25, 0.3) is 5.91 Å². The quantitative estimate of drug-likeness (QED) is 0.853. The van der Waals surface area contributed by atoms with Gasteiger partial charge in [-0.25, -0.2) is 13.6 Å². The Morgan fingerprint density at radius 1 is 1.53 bits per heavy atom. The molecule has 0 aromatic heterocycles. The van der Waals surface area contributed by atoms with Gasteiger partial charge in [-0.15, -0.1) is 0 Å². The Bertz CT molecular complexity index is 612. The number of nitrogens with two attached hydrogens (primary N) is 1. The van der Waals surface area contributed by atoms with Gasteiger partial charge in [-0.1, -0.05) is 0 Å². The number of hydrogen-bond donors (Lipinski definition) is 1. The first kappa shape index (κ1) is 13.8. The van der Waals surface area contributed by atoms with Crippen molar-refractivity contribution < 1.29 is 17.9 Å².